The molecule has 2 atom stereocenters. The minimum absolute atomic E-state index is 0.158. The van der Waals surface area contributed by atoms with Crippen LogP contribution in [0.1, 0.15) is 45.9 Å². The number of hydrogen-bond acceptors (Lipinski definition) is 4. The first-order chi connectivity index (χ1) is 16.2. The molecule has 2 unspecified atom stereocenters. The van der Waals surface area contributed by atoms with Gasteiger partial charge in [-0.15, -0.1) is 0 Å². The Kier molecular flexibility index (Phi) is 6.86. The van der Waals surface area contributed by atoms with Crippen LogP contribution in [0.5, 0.6) is 5.75 Å². The summed E-state index contributed by atoms with van der Waals surface area (Å²) in [6.07, 6.45) is -2.23. The van der Waals surface area contributed by atoms with E-state index in [1.54, 1.807) is 19.2 Å². The van der Waals surface area contributed by atoms with Crippen LogP contribution in [0.15, 0.2) is 42.6 Å². The number of nitrogens with zero attached hydrogens (tertiary/aromatic N) is 1. The number of hydrogen-bond donors (Lipinski definition) is 2. The van der Waals surface area contributed by atoms with Gasteiger partial charge in [0.05, 0.1) is 18.8 Å². The van der Waals surface area contributed by atoms with Gasteiger partial charge in [0, 0.05) is 41.8 Å². The second-order valence-electron chi connectivity index (χ2n) is 8.63. The lowest BCUT2D eigenvalue weighted by molar-refractivity contribution is -0.191. The Bertz CT molecular complexity index is 1160. The maximum atomic E-state index is 12.7. The third-order valence-corrected chi connectivity index (χ3v) is 6.38. The second-order valence-corrected chi connectivity index (χ2v) is 8.63. The monoisotopic (exact) mass is 476 g/mol. The number of likely N-dealkylation sites (tertiary alicyclic amines) is 1. The number of benzene rings is 2. The van der Waals surface area contributed by atoms with E-state index in [-0.39, 0.29) is 11.6 Å². The van der Waals surface area contributed by atoms with Crippen molar-refractivity contribution in [2.75, 3.05) is 20.3 Å². The van der Waals surface area contributed by atoms with Crippen LogP contribution in [0.2, 0.25) is 0 Å². The van der Waals surface area contributed by atoms with Gasteiger partial charge in [-0.3, -0.25) is 4.90 Å². The summed E-state index contributed by atoms with van der Waals surface area (Å²) < 4.78 is 49.1. The van der Waals surface area contributed by atoms with Gasteiger partial charge in [-0.25, -0.2) is 4.79 Å². The molecule has 1 aliphatic heterocycles. The highest BCUT2D eigenvalue weighted by Gasteiger charge is 2.35. The van der Waals surface area contributed by atoms with Crippen LogP contribution in [-0.4, -0.2) is 53.5 Å². The maximum Gasteiger partial charge on any atom is 0.411 e. The van der Waals surface area contributed by atoms with Gasteiger partial charge in [-0.2, -0.15) is 13.2 Å². The molecule has 0 saturated carbocycles. The molecule has 2 aromatic carbocycles. The molecule has 3 aromatic rings. The fraction of sp³-hybridized carbons (Fsp3) is 0.400. The average Bonchev–Trinajstić information content (AvgIpc) is 3.30. The Hall–Kier alpha value is -3.04. The van der Waals surface area contributed by atoms with Gasteiger partial charge in [0.2, 0.25) is 0 Å². The van der Waals surface area contributed by atoms with Crippen molar-refractivity contribution < 1.29 is 32.5 Å². The SMILES string of the molecule is COc1cc(C)c2[nH]ccc2c1CN1CCC(OCC(F)(F)F)CC1c1ccc(C(=O)O)cc1. The summed E-state index contributed by atoms with van der Waals surface area (Å²) >= 11 is 0. The number of aryl methyl sites for hydroxylation is 1. The predicted octanol–water partition coefficient (Wildman–Crippen LogP) is 5.47. The van der Waals surface area contributed by atoms with Gasteiger partial charge in [-0.1, -0.05) is 12.1 Å². The molecule has 182 valence electrons. The van der Waals surface area contributed by atoms with Gasteiger partial charge < -0.3 is 19.6 Å². The minimum atomic E-state index is -4.38. The smallest absolute Gasteiger partial charge is 0.411 e. The molecule has 2 N–H and O–H groups in total. The number of halogens is 3. The topological polar surface area (TPSA) is 74.8 Å². The molecule has 9 heteroatoms. The van der Waals surface area contributed by atoms with Gasteiger partial charge in [0.15, 0.2) is 0 Å². The van der Waals surface area contributed by atoms with Crippen LogP contribution in [0, 0.1) is 6.92 Å². The van der Waals surface area contributed by atoms with E-state index in [1.807, 2.05) is 25.3 Å². The Morgan fingerprint density at radius 1 is 1.24 bits per heavy atom. The van der Waals surface area contributed by atoms with Crippen molar-refractivity contribution in [2.45, 2.75) is 44.6 Å². The number of aromatic carboxylic acids is 1. The lowest BCUT2D eigenvalue weighted by Crippen LogP contribution is -2.40. The maximum absolute atomic E-state index is 12.7. The Morgan fingerprint density at radius 2 is 1.97 bits per heavy atom. The van der Waals surface area contributed by atoms with E-state index < -0.39 is 24.9 Å². The van der Waals surface area contributed by atoms with Crippen LogP contribution in [0.4, 0.5) is 13.2 Å². The molecule has 0 spiro atoms. The number of ether oxygens (including phenoxy) is 2. The van der Waals surface area contributed by atoms with E-state index in [0.717, 1.165) is 33.3 Å². The summed E-state index contributed by atoms with van der Waals surface area (Å²) in [7, 11) is 1.62. The Labute approximate surface area is 195 Å². The van der Waals surface area contributed by atoms with Crippen LogP contribution in [0.3, 0.4) is 0 Å². The average molecular weight is 476 g/mol. The van der Waals surface area contributed by atoms with E-state index in [0.29, 0.717) is 25.9 Å². The van der Waals surface area contributed by atoms with Gasteiger partial charge >= 0.3 is 12.1 Å². The first-order valence-corrected chi connectivity index (χ1v) is 11.1. The number of aromatic nitrogens is 1. The van der Waals surface area contributed by atoms with Crippen LogP contribution < -0.4 is 4.74 Å². The molecule has 1 fully saturated rings. The van der Waals surface area contributed by atoms with Crippen LogP contribution in [0.25, 0.3) is 10.9 Å². The van der Waals surface area contributed by atoms with E-state index >= 15 is 0 Å². The molecule has 6 nitrogen and oxygen atoms in total. The molecule has 4 rings (SSSR count). The largest absolute Gasteiger partial charge is 0.496 e. The summed E-state index contributed by atoms with van der Waals surface area (Å²) in [6, 6.07) is 10.2. The van der Waals surface area contributed by atoms with Crippen molar-refractivity contribution in [2.24, 2.45) is 0 Å². The van der Waals surface area contributed by atoms with Crippen LogP contribution in [-0.2, 0) is 11.3 Å². The summed E-state index contributed by atoms with van der Waals surface area (Å²) in [5.74, 6) is -0.280. The van der Waals surface area contributed by atoms with Crippen molar-refractivity contribution in [1.82, 2.24) is 9.88 Å². The number of carbonyl (C=O) groups is 1. The number of rotatable bonds is 7. The van der Waals surface area contributed by atoms with E-state index in [1.165, 1.54) is 12.1 Å². The normalized spacial score (nSPS) is 19.4. The van der Waals surface area contributed by atoms with Crippen molar-refractivity contribution in [3.8, 4) is 5.75 Å². The number of aromatic amines is 1. The first kappa shape index (κ1) is 24.1. The predicted molar refractivity (Wildman–Crippen MR) is 121 cm³/mol. The molecule has 34 heavy (non-hydrogen) atoms. The zero-order chi connectivity index (χ0) is 24.5. The summed E-state index contributed by atoms with van der Waals surface area (Å²) in [4.78, 5) is 16.7. The molecular weight excluding hydrogens is 449 g/mol. The zero-order valence-corrected chi connectivity index (χ0v) is 19.0. The van der Waals surface area contributed by atoms with Crippen molar-refractivity contribution in [3.63, 3.8) is 0 Å². The van der Waals surface area contributed by atoms with Crippen molar-refractivity contribution in [1.29, 1.82) is 0 Å². The lowest BCUT2D eigenvalue weighted by Gasteiger charge is -2.40. The third-order valence-electron chi connectivity index (χ3n) is 6.38. The quantitative estimate of drug-likeness (QED) is 0.473. The fourth-order valence-electron chi connectivity index (χ4n) is 4.71. The molecule has 2 heterocycles. The van der Waals surface area contributed by atoms with E-state index in [4.69, 9.17) is 9.47 Å². The van der Waals surface area contributed by atoms with Gasteiger partial charge in [0.25, 0.3) is 0 Å². The number of H-pyrrole nitrogens is 1. The van der Waals surface area contributed by atoms with Gasteiger partial charge in [-0.05, 0) is 55.2 Å². The van der Waals surface area contributed by atoms with Crippen molar-refractivity contribution in [3.05, 3.63) is 64.8 Å². The van der Waals surface area contributed by atoms with Crippen LogP contribution >= 0.6 is 0 Å². The molecule has 0 aliphatic carbocycles. The summed E-state index contributed by atoms with van der Waals surface area (Å²) in [5.41, 5.74) is 4.06. The lowest BCUT2D eigenvalue weighted by atomic mass is 9.91. The number of nitrogens with one attached hydrogen (secondary N) is 1. The highest BCUT2D eigenvalue weighted by molar-refractivity contribution is 5.88. The fourth-order valence-corrected chi connectivity index (χ4v) is 4.71. The molecule has 0 bridgehead atoms. The third kappa shape index (κ3) is 5.20. The minimum Gasteiger partial charge on any atom is -0.496 e. The van der Waals surface area contributed by atoms with E-state index in [9.17, 15) is 23.1 Å². The number of carboxylic acids is 1. The standard InChI is InChI=1S/C25H27F3N2O4/c1-15-11-22(33-2)20(19-7-9-29-23(15)19)13-30-10-8-18(34-14-25(26,27)28)12-21(30)16-3-5-17(6-4-16)24(31)32/h3-7,9,11,18,21,29H,8,10,12-14H2,1-2H3,(H,31,32). The van der Waals surface area contributed by atoms with Gasteiger partial charge in [0.1, 0.15) is 12.4 Å². The summed E-state index contributed by atoms with van der Waals surface area (Å²) in [6.45, 7) is 1.77. The number of alkyl halides is 3. The van der Waals surface area contributed by atoms with E-state index in [2.05, 4.69) is 9.88 Å². The molecule has 1 aromatic heterocycles. The second kappa shape index (κ2) is 9.68. The number of carboxylic acid groups (broad SMARTS) is 1. The Balaban J connectivity index is 1.65. The number of fused-ring (bicyclic) bond motifs is 1. The molecule has 1 aliphatic rings. The molecule has 0 radical (unpaired) electrons. The first-order valence-electron chi connectivity index (χ1n) is 11.1. The molecular formula is C25H27F3N2O4. The number of piperidine rings is 1. The number of methoxy groups -OCH3 is 1. The summed E-state index contributed by atoms with van der Waals surface area (Å²) in [5, 5.41) is 10.3. The highest BCUT2D eigenvalue weighted by Crippen LogP contribution is 2.38. The van der Waals surface area contributed by atoms with Crippen molar-refractivity contribution >= 4 is 16.9 Å². The zero-order valence-electron chi connectivity index (χ0n) is 19.0. The molecule has 1 saturated heterocycles. The highest BCUT2D eigenvalue weighted by atomic mass is 19.4. The Morgan fingerprint density at radius 3 is 2.62 bits per heavy atom. The molecule has 0 amide bonds.